The van der Waals surface area contributed by atoms with Gasteiger partial charge in [0.05, 0.1) is 0 Å². The molecule has 17 heavy (non-hydrogen) atoms. The van der Waals surface area contributed by atoms with Crippen LogP contribution in [0.5, 0.6) is 5.75 Å². The first-order chi connectivity index (χ1) is 8.06. The molecule has 0 aliphatic heterocycles. The topological polar surface area (TPSA) is 9.23 Å². The standard InChI is InChI=1S/C14H15OPS/c1-16(2,17)15-14-11-7-6-10-13(14)12-8-4-3-5-9-12/h3-11H,1-2H3. The molecule has 2 aromatic rings. The normalized spacial score (nSPS) is 11.2. The highest BCUT2D eigenvalue weighted by molar-refractivity contribution is 8.11. The molecule has 3 heteroatoms. The molecular formula is C14H15OPS. The summed E-state index contributed by atoms with van der Waals surface area (Å²) in [4.78, 5) is 0. The van der Waals surface area contributed by atoms with Crippen molar-refractivity contribution in [2.45, 2.75) is 0 Å². The molecule has 0 N–H and O–H groups in total. The lowest BCUT2D eigenvalue weighted by Crippen LogP contribution is -1.91. The van der Waals surface area contributed by atoms with E-state index in [-0.39, 0.29) is 0 Å². The minimum Gasteiger partial charge on any atom is -0.466 e. The first-order valence-electron chi connectivity index (χ1n) is 5.45. The third-order valence-corrected chi connectivity index (χ3v) is 3.15. The minimum absolute atomic E-state index is 0.882. The maximum atomic E-state index is 5.91. The van der Waals surface area contributed by atoms with Crippen molar-refractivity contribution in [1.82, 2.24) is 0 Å². The van der Waals surface area contributed by atoms with Crippen LogP contribution in [0.1, 0.15) is 0 Å². The molecule has 0 aliphatic carbocycles. The van der Waals surface area contributed by atoms with Crippen molar-refractivity contribution < 1.29 is 4.52 Å². The average molecular weight is 262 g/mol. The fourth-order valence-electron chi connectivity index (χ4n) is 1.64. The molecule has 0 heterocycles. The Morgan fingerprint density at radius 3 is 2.12 bits per heavy atom. The zero-order valence-corrected chi connectivity index (χ0v) is 11.7. The molecule has 0 saturated carbocycles. The molecule has 0 aliphatic rings. The van der Waals surface area contributed by atoms with E-state index in [2.05, 4.69) is 18.2 Å². The SMILES string of the molecule is CP(C)(=S)Oc1ccccc1-c1ccccc1. The summed E-state index contributed by atoms with van der Waals surface area (Å²) in [6, 6.07) is 18.3. The van der Waals surface area contributed by atoms with E-state index >= 15 is 0 Å². The first kappa shape index (κ1) is 12.3. The Bertz CT molecular complexity index is 545. The van der Waals surface area contributed by atoms with E-state index in [1.807, 2.05) is 49.7 Å². The average Bonchev–Trinajstić information content (AvgIpc) is 2.29. The van der Waals surface area contributed by atoms with Crippen LogP contribution in [0, 0.1) is 0 Å². The third-order valence-electron chi connectivity index (χ3n) is 2.29. The van der Waals surface area contributed by atoms with E-state index in [4.69, 9.17) is 16.3 Å². The van der Waals surface area contributed by atoms with Crippen molar-refractivity contribution >= 4 is 18.1 Å². The van der Waals surface area contributed by atoms with Crippen LogP contribution in [0.15, 0.2) is 54.6 Å². The zero-order chi connectivity index (χ0) is 12.3. The molecule has 1 nitrogen and oxygen atoms in total. The fraction of sp³-hybridized carbons (Fsp3) is 0.143. The molecule has 0 bridgehead atoms. The van der Waals surface area contributed by atoms with Gasteiger partial charge in [0.25, 0.3) is 0 Å². The minimum atomic E-state index is -1.70. The van der Waals surface area contributed by atoms with Crippen LogP contribution in [0.2, 0.25) is 0 Å². The summed E-state index contributed by atoms with van der Waals surface area (Å²) in [5.74, 6) is 0.882. The Kier molecular flexibility index (Phi) is 3.66. The second-order valence-corrected chi connectivity index (χ2v) is 9.53. The van der Waals surface area contributed by atoms with Gasteiger partial charge in [0.2, 0.25) is 0 Å². The van der Waals surface area contributed by atoms with Crippen LogP contribution < -0.4 is 4.52 Å². The summed E-state index contributed by atoms with van der Waals surface area (Å²) in [6.45, 7) is 3.98. The van der Waals surface area contributed by atoms with Gasteiger partial charge in [-0.15, -0.1) is 0 Å². The molecular weight excluding hydrogens is 247 g/mol. The van der Waals surface area contributed by atoms with E-state index in [1.165, 1.54) is 0 Å². The molecule has 0 aromatic heterocycles. The molecule has 0 radical (unpaired) electrons. The predicted molar refractivity (Wildman–Crippen MR) is 78.6 cm³/mol. The van der Waals surface area contributed by atoms with Crippen molar-refractivity contribution in [2.24, 2.45) is 0 Å². The van der Waals surface area contributed by atoms with E-state index in [9.17, 15) is 0 Å². The lowest BCUT2D eigenvalue weighted by molar-refractivity contribution is 0.623. The quantitative estimate of drug-likeness (QED) is 0.759. The predicted octanol–water partition coefficient (Wildman–Crippen LogP) is 4.39. The van der Waals surface area contributed by atoms with Gasteiger partial charge in [-0.05, 0) is 25.0 Å². The highest BCUT2D eigenvalue weighted by Gasteiger charge is 2.09. The van der Waals surface area contributed by atoms with Gasteiger partial charge in [-0.1, -0.05) is 60.3 Å². The van der Waals surface area contributed by atoms with Gasteiger partial charge < -0.3 is 4.52 Å². The molecule has 0 saturated heterocycles. The fourth-order valence-corrected chi connectivity index (χ4v) is 2.51. The Balaban J connectivity index is 2.45. The number of para-hydroxylation sites is 1. The van der Waals surface area contributed by atoms with Crippen LogP contribution in [-0.4, -0.2) is 13.3 Å². The summed E-state index contributed by atoms with van der Waals surface area (Å²) in [7, 11) is 0. The van der Waals surface area contributed by atoms with Gasteiger partial charge in [-0.3, -0.25) is 0 Å². The van der Waals surface area contributed by atoms with Crippen molar-refractivity contribution in [3.05, 3.63) is 54.6 Å². The van der Waals surface area contributed by atoms with Crippen LogP contribution >= 0.6 is 6.26 Å². The van der Waals surface area contributed by atoms with Gasteiger partial charge in [-0.2, -0.15) is 0 Å². The van der Waals surface area contributed by atoms with Gasteiger partial charge in [0.1, 0.15) is 12.0 Å². The third kappa shape index (κ3) is 3.42. The van der Waals surface area contributed by atoms with E-state index in [0.29, 0.717) is 0 Å². The summed E-state index contributed by atoms with van der Waals surface area (Å²) in [6.07, 6.45) is -1.70. The van der Waals surface area contributed by atoms with Crippen LogP contribution in [0.25, 0.3) is 11.1 Å². The molecule has 0 amide bonds. The smallest absolute Gasteiger partial charge is 0.132 e. The molecule has 0 unspecified atom stereocenters. The zero-order valence-electron chi connectivity index (χ0n) is 9.96. The highest BCUT2D eigenvalue weighted by atomic mass is 32.4. The Morgan fingerprint density at radius 1 is 0.882 bits per heavy atom. The van der Waals surface area contributed by atoms with Gasteiger partial charge in [0.15, 0.2) is 0 Å². The Labute approximate surface area is 108 Å². The monoisotopic (exact) mass is 262 g/mol. The summed E-state index contributed by atoms with van der Waals surface area (Å²) >= 11 is 5.37. The van der Waals surface area contributed by atoms with Crippen molar-refractivity contribution in [3.63, 3.8) is 0 Å². The Hall–Kier alpha value is -1.11. The molecule has 0 atom stereocenters. The number of rotatable bonds is 3. The molecule has 0 spiro atoms. The van der Waals surface area contributed by atoms with E-state index in [1.54, 1.807) is 0 Å². The highest BCUT2D eigenvalue weighted by Crippen LogP contribution is 2.43. The number of benzene rings is 2. The summed E-state index contributed by atoms with van der Waals surface area (Å²) < 4.78 is 5.91. The van der Waals surface area contributed by atoms with Gasteiger partial charge >= 0.3 is 0 Å². The second kappa shape index (κ2) is 5.03. The van der Waals surface area contributed by atoms with Gasteiger partial charge in [0, 0.05) is 5.56 Å². The second-order valence-electron chi connectivity index (χ2n) is 4.21. The largest absolute Gasteiger partial charge is 0.466 e. The number of hydrogen-bond acceptors (Lipinski definition) is 2. The molecule has 2 rings (SSSR count). The van der Waals surface area contributed by atoms with E-state index < -0.39 is 6.26 Å². The first-order valence-corrected chi connectivity index (χ1v) is 9.07. The Morgan fingerprint density at radius 2 is 1.47 bits per heavy atom. The lowest BCUT2D eigenvalue weighted by Gasteiger charge is -2.17. The van der Waals surface area contributed by atoms with Crippen LogP contribution in [0.3, 0.4) is 0 Å². The van der Waals surface area contributed by atoms with Crippen molar-refractivity contribution in [1.29, 1.82) is 0 Å². The van der Waals surface area contributed by atoms with E-state index in [0.717, 1.165) is 16.9 Å². The molecule has 0 fully saturated rings. The molecule has 2 aromatic carbocycles. The maximum absolute atomic E-state index is 5.91. The van der Waals surface area contributed by atoms with Crippen LogP contribution in [-0.2, 0) is 11.8 Å². The van der Waals surface area contributed by atoms with Crippen molar-refractivity contribution in [3.8, 4) is 16.9 Å². The maximum Gasteiger partial charge on any atom is 0.132 e. The lowest BCUT2D eigenvalue weighted by atomic mass is 10.1. The summed E-state index contributed by atoms with van der Waals surface area (Å²) in [5, 5.41) is 0. The van der Waals surface area contributed by atoms with Crippen LogP contribution in [0.4, 0.5) is 0 Å². The van der Waals surface area contributed by atoms with Crippen molar-refractivity contribution in [2.75, 3.05) is 13.3 Å². The van der Waals surface area contributed by atoms with Gasteiger partial charge in [-0.25, -0.2) is 0 Å². The molecule has 88 valence electrons. The summed E-state index contributed by atoms with van der Waals surface area (Å²) in [5.41, 5.74) is 2.26. The number of hydrogen-bond donors (Lipinski definition) is 0.